The van der Waals surface area contributed by atoms with Crippen LogP contribution in [0.4, 0.5) is 8.78 Å². The molecule has 0 aliphatic rings. The molecular weight excluding hydrogens is 416 g/mol. The van der Waals surface area contributed by atoms with Crippen molar-refractivity contribution in [1.82, 2.24) is 4.98 Å². The van der Waals surface area contributed by atoms with E-state index < -0.39 is 21.5 Å². The molecule has 0 unspecified atom stereocenters. The second kappa shape index (κ2) is 7.21. The van der Waals surface area contributed by atoms with E-state index >= 15 is 0 Å². The highest BCUT2D eigenvalue weighted by Gasteiger charge is 2.26. The van der Waals surface area contributed by atoms with Crippen molar-refractivity contribution < 1.29 is 17.2 Å². The maximum Gasteiger partial charge on any atom is 0.208 e. The lowest BCUT2D eigenvalue weighted by Gasteiger charge is -2.14. The third kappa shape index (κ3) is 3.39. The minimum Gasteiger partial charge on any atom is -0.252 e. The molecule has 0 saturated carbocycles. The van der Waals surface area contributed by atoms with Crippen LogP contribution in [0, 0.1) is 18.6 Å². The predicted octanol–water partition coefficient (Wildman–Crippen LogP) is 5.97. The molecular formula is C22H14ClF2NO2S. The summed E-state index contributed by atoms with van der Waals surface area (Å²) < 4.78 is 55.1. The van der Waals surface area contributed by atoms with Crippen molar-refractivity contribution in [3.63, 3.8) is 0 Å². The number of fused-ring (bicyclic) bond motifs is 1. The van der Waals surface area contributed by atoms with Crippen LogP contribution >= 0.6 is 11.6 Å². The Bertz CT molecular complexity index is 1370. The van der Waals surface area contributed by atoms with Crippen molar-refractivity contribution in [2.75, 3.05) is 0 Å². The van der Waals surface area contributed by atoms with Gasteiger partial charge in [0.15, 0.2) is 0 Å². The number of halogens is 3. The van der Waals surface area contributed by atoms with E-state index in [4.69, 9.17) is 11.6 Å². The molecule has 0 aliphatic heterocycles. The average molecular weight is 430 g/mol. The standard InChI is InChI=1S/C22H14ClF2NO2S/c1-13-8-9-16(11-19(13)25)29(27,28)20-12-26-22-17(6-3-7-18(22)24)21(20)14-4-2-5-15(23)10-14/h2-12H,1H3. The van der Waals surface area contributed by atoms with Crippen molar-refractivity contribution >= 4 is 32.3 Å². The monoisotopic (exact) mass is 429 g/mol. The number of benzene rings is 3. The Morgan fingerprint density at radius 3 is 2.41 bits per heavy atom. The largest absolute Gasteiger partial charge is 0.252 e. The fraction of sp³-hybridized carbons (Fsp3) is 0.0455. The van der Waals surface area contributed by atoms with E-state index in [1.165, 1.54) is 24.3 Å². The third-order valence-electron chi connectivity index (χ3n) is 4.67. The number of aromatic nitrogens is 1. The summed E-state index contributed by atoms with van der Waals surface area (Å²) in [5, 5.41) is 0.717. The number of hydrogen-bond acceptors (Lipinski definition) is 3. The molecule has 0 fully saturated rings. The number of sulfone groups is 1. The van der Waals surface area contributed by atoms with E-state index in [1.807, 2.05) is 0 Å². The topological polar surface area (TPSA) is 47.0 Å². The molecule has 4 rings (SSSR count). The summed E-state index contributed by atoms with van der Waals surface area (Å²) in [6.07, 6.45) is 1.11. The van der Waals surface area contributed by atoms with Crippen molar-refractivity contribution in [3.05, 3.63) is 89.1 Å². The second-order valence-electron chi connectivity index (χ2n) is 6.56. The molecule has 0 radical (unpaired) electrons. The highest BCUT2D eigenvalue weighted by molar-refractivity contribution is 7.91. The summed E-state index contributed by atoms with van der Waals surface area (Å²) in [6.45, 7) is 1.55. The average Bonchev–Trinajstić information content (AvgIpc) is 2.69. The van der Waals surface area contributed by atoms with Crippen LogP contribution in [0.1, 0.15) is 5.56 Å². The van der Waals surface area contributed by atoms with Gasteiger partial charge < -0.3 is 0 Å². The second-order valence-corrected chi connectivity index (χ2v) is 8.91. The van der Waals surface area contributed by atoms with Gasteiger partial charge in [-0.15, -0.1) is 0 Å². The van der Waals surface area contributed by atoms with Gasteiger partial charge in [-0.1, -0.05) is 41.9 Å². The zero-order valence-corrected chi connectivity index (χ0v) is 16.7. The van der Waals surface area contributed by atoms with E-state index in [9.17, 15) is 17.2 Å². The van der Waals surface area contributed by atoms with Gasteiger partial charge >= 0.3 is 0 Å². The molecule has 0 N–H and O–H groups in total. The Morgan fingerprint density at radius 2 is 1.69 bits per heavy atom. The van der Waals surface area contributed by atoms with Gasteiger partial charge in [0.1, 0.15) is 17.2 Å². The first kappa shape index (κ1) is 19.5. The van der Waals surface area contributed by atoms with Crippen LogP contribution in [0.3, 0.4) is 0 Å². The van der Waals surface area contributed by atoms with E-state index in [0.29, 0.717) is 21.5 Å². The van der Waals surface area contributed by atoms with Crippen LogP contribution in [0.25, 0.3) is 22.0 Å². The van der Waals surface area contributed by atoms with Gasteiger partial charge in [-0.25, -0.2) is 17.2 Å². The summed E-state index contributed by atoms with van der Waals surface area (Å²) >= 11 is 6.11. The predicted molar refractivity (Wildman–Crippen MR) is 109 cm³/mol. The highest BCUT2D eigenvalue weighted by Crippen LogP contribution is 2.38. The van der Waals surface area contributed by atoms with E-state index in [-0.39, 0.29) is 20.9 Å². The number of nitrogens with zero attached hydrogens (tertiary/aromatic N) is 1. The van der Waals surface area contributed by atoms with Crippen LogP contribution < -0.4 is 0 Å². The van der Waals surface area contributed by atoms with Crippen molar-refractivity contribution in [2.45, 2.75) is 16.7 Å². The first-order chi connectivity index (χ1) is 13.8. The zero-order valence-electron chi connectivity index (χ0n) is 15.2. The Hall–Kier alpha value is -2.83. The summed E-state index contributed by atoms with van der Waals surface area (Å²) in [6, 6.07) is 14.6. The van der Waals surface area contributed by atoms with Gasteiger partial charge in [0.25, 0.3) is 0 Å². The van der Waals surface area contributed by atoms with Gasteiger partial charge in [0.05, 0.1) is 9.79 Å². The summed E-state index contributed by atoms with van der Waals surface area (Å²) in [4.78, 5) is 3.68. The van der Waals surface area contributed by atoms with Crippen LogP contribution in [-0.2, 0) is 9.84 Å². The lowest BCUT2D eigenvalue weighted by atomic mass is 10.0. The highest BCUT2D eigenvalue weighted by atomic mass is 35.5. The molecule has 0 amide bonds. The molecule has 7 heteroatoms. The molecule has 0 saturated heterocycles. The number of para-hydroxylation sites is 1. The maximum absolute atomic E-state index is 14.3. The number of pyridine rings is 1. The molecule has 0 bridgehead atoms. The fourth-order valence-corrected chi connectivity index (χ4v) is 4.82. The normalized spacial score (nSPS) is 11.7. The molecule has 0 aliphatic carbocycles. The van der Waals surface area contributed by atoms with E-state index in [1.54, 1.807) is 37.3 Å². The van der Waals surface area contributed by atoms with Crippen LogP contribution in [0.15, 0.2) is 76.7 Å². The van der Waals surface area contributed by atoms with Gasteiger partial charge in [-0.05, 0) is 48.4 Å². The summed E-state index contributed by atoms with van der Waals surface area (Å²) in [5.41, 5.74) is 1.12. The lowest BCUT2D eigenvalue weighted by molar-refractivity contribution is 0.589. The quantitative estimate of drug-likeness (QED) is 0.402. The fourth-order valence-electron chi connectivity index (χ4n) is 3.18. The van der Waals surface area contributed by atoms with Crippen LogP contribution in [0.5, 0.6) is 0 Å². The van der Waals surface area contributed by atoms with Gasteiger partial charge in [-0.3, -0.25) is 4.98 Å². The molecule has 4 aromatic rings. The summed E-state index contributed by atoms with van der Waals surface area (Å²) in [5.74, 6) is -1.20. The molecule has 1 heterocycles. The molecule has 1 aromatic heterocycles. The van der Waals surface area contributed by atoms with Gasteiger partial charge in [-0.2, -0.15) is 0 Å². The molecule has 29 heavy (non-hydrogen) atoms. The molecule has 146 valence electrons. The molecule has 3 nitrogen and oxygen atoms in total. The summed E-state index contributed by atoms with van der Waals surface area (Å²) in [7, 11) is -4.14. The number of hydrogen-bond donors (Lipinski definition) is 0. The lowest BCUT2D eigenvalue weighted by Crippen LogP contribution is -2.07. The van der Waals surface area contributed by atoms with Crippen LogP contribution in [0.2, 0.25) is 5.02 Å². The Morgan fingerprint density at radius 1 is 0.931 bits per heavy atom. The first-order valence-corrected chi connectivity index (χ1v) is 10.5. The first-order valence-electron chi connectivity index (χ1n) is 8.63. The number of aryl methyl sites for hydroxylation is 1. The van der Waals surface area contributed by atoms with E-state index in [0.717, 1.165) is 12.3 Å². The van der Waals surface area contributed by atoms with Crippen LogP contribution in [-0.4, -0.2) is 13.4 Å². The molecule has 0 spiro atoms. The Labute approximate surface area is 171 Å². The Kier molecular flexibility index (Phi) is 4.84. The van der Waals surface area contributed by atoms with E-state index in [2.05, 4.69) is 4.98 Å². The zero-order chi connectivity index (χ0) is 20.8. The molecule has 0 atom stereocenters. The third-order valence-corrected chi connectivity index (χ3v) is 6.67. The van der Waals surface area contributed by atoms with Gasteiger partial charge in [0, 0.05) is 22.2 Å². The Balaban J connectivity index is 2.09. The minimum absolute atomic E-state index is 0.0384. The van der Waals surface area contributed by atoms with Gasteiger partial charge in [0.2, 0.25) is 9.84 Å². The smallest absolute Gasteiger partial charge is 0.208 e. The van der Waals surface area contributed by atoms with Crippen molar-refractivity contribution in [2.24, 2.45) is 0 Å². The van der Waals surface area contributed by atoms with Crippen molar-refractivity contribution in [3.8, 4) is 11.1 Å². The molecule has 3 aromatic carbocycles. The SMILES string of the molecule is Cc1ccc(S(=O)(=O)c2cnc3c(F)cccc3c2-c2cccc(Cl)c2)cc1F. The van der Waals surface area contributed by atoms with Crippen molar-refractivity contribution in [1.29, 1.82) is 0 Å². The maximum atomic E-state index is 14.3. The number of rotatable bonds is 3. The minimum atomic E-state index is -4.14.